The van der Waals surface area contributed by atoms with Gasteiger partial charge in [-0.1, -0.05) is 18.2 Å². The summed E-state index contributed by atoms with van der Waals surface area (Å²) in [6.07, 6.45) is -1.85. The van der Waals surface area contributed by atoms with E-state index in [1.165, 1.54) is 12.1 Å². The first-order chi connectivity index (χ1) is 13.9. The molecule has 2 aromatic carbocycles. The monoisotopic (exact) mass is 400 g/mol. The molecule has 5 nitrogen and oxygen atoms in total. The zero-order chi connectivity index (χ0) is 20.4. The van der Waals surface area contributed by atoms with E-state index >= 15 is 0 Å². The van der Waals surface area contributed by atoms with Gasteiger partial charge in [0.15, 0.2) is 0 Å². The molecule has 1 aliphatic heterocycles. The van der Waals surface area contributed by atoms with Crippen molar-refractivity contribution in [1.82, 2.24) is 9.88 Å². The molecule has 4 rings (SSSR count). The fourth-order valence-electron chi connectivity index (χ4n) is 3.09. The Morgan fingerprint density at radius 1 is 1.00 bits per heavy atom. The Morgan fingerprint density at radius 2 is 1.69 bits per heavy atom. The zero-order valence-corrected chi connectivity index (χ0v) is 15.0. The molecule has 1 aromatic heterocycles. The van der Waals surface area contributed by atoms with Crippen LogP contribution in [0, 0.1) is 0 Å². The van der Waals surface area contributed by atoms with Crippen LogP contribution in [0.5, 0.6) is 11.5 Å². The zero-order valence-electron chi connectivity index (χ0n) is 15.0. The minimum absolute atomic E-state index is 0.281. The first-order valence-corrected chi connectivity index (χ1v) is 8.72. The standard InChI is InChI=1S/C21H15F3N2O3/c22-21(23,24)29-18-4-1-15(2-5-18)16-3-6-19-17(11-16)13-26(20(27)28-19)12-14-7-9-25-10-8-14/h1-11H,12-13H2. The van der Waals surface area contributed by atoms with E-state index in [2.05, 4.69) is 9.72 Å². The van der Waals surface area contributed by atoms with Crippen LogP contribution in [0.4, 0.5) is 18.0 Å². The summed E-state index contributed by atoms with van der Waals surface area (Å²) < 4.78 is 46.2. The summed E-state index contributed by atoms with van der Waals surface area (Å²) in [6, 6.07) is 14.6. The minimum atomic E-state index is -4.73. The molecule has 148 valence electrons. The van der Waals surface area contributed by atoms with Crippen LogP contribution >= 0.6 is 0 Å². The van der Waals surface area contributed by atoms with E-state index in [4.69, 9.17) is 4.74 Å². The van der Waals surface area contributed by atoms with Crippen molar-refractivity contribution < 1.29 is 27.4 Å². The Bertz CT molecular complexity index is 1020. The molecule has 0 saturated heterocycles. The predicted molar refractivity (Wildman–Crippen MR) is 98.1 cm³/mol. The van der Waals surface area contributed by atoms with Gasteiger partial charge in [0.1, 0.15) is 11.5 Å². The summed E-state index contributed by atoms with van der Waals surface area (Å²) in [6.45, 7) is 0.744. The average molecular weight is 400 g/mol. The van der Waals surface area contributed by atoms with Crippen molar-refractivity contribution in [3.05, 3.63) is 78.1 Å². The number of amides is 1. The normalized spacial score (nSPS) is 13.6. The van der Waals surface area contributed by atoms with Gasteiger partial charge >= 0.3 is 12.5 Å². The molecular formula is C21H15F3N2O3. The van der Waals surface area contributed by atoms with Crippen molar-refractivity contribution in [3.63, 3.8) is 0 Å². The van der Waals surface area contributed by atoms with Crippen LogP contribution in [0.2, 0.25) is 0 Å². The van der Waals surface area contributed by atoms with Crippen LogP contribution in [0.25, 0.3) is 11.1 Å². The highest BCUT2D eigenvalue weighted by molar-refractivity contribution is 5.75. The maximum atomic E-state index is 12.3. The summed E-state index contributed by atoms with van der Waals surface area (Å²) >= 11 is 0. The molecule has 2 heterocycles. The van der Waals surface area contributed by atoms with Crippen LogP contribution in [0.3, 0.4) is 0 Å². The molecule has 0 saturated carbocycles. The maximum Gasteiger partial charge on any atom is 0.573 e. The van der Waals surface area contributed by atoms with E-state index < -0.39 is 12.5 Å². The second kappa shape index (κ2) is 7.46. The molecule has 0 unspecified atom stereocenters. The quantitative estimate of drug-likeness (QED) is 0.607. The topological polar surface area (TPSA) is 51.7 Å². The lowest BCUT2D eigenvalue weighted by molar-refractivity contribution is -0.274. The molecule has 3 aromatic rings. The van der Waals surface area contributed by atoms with Gasteiger partial charge in [-0.15, -0.1) is 13.2 Å². The van der Waals surface area contributed by atoms with Crippen molar-refractivity contribution in [2.24, 2.45) is 0 Å². The van der Waals surface area contributed by atoms with Gasteiger partial charge in [0, 0.05) is 24.5 Å². The Kier molecular flexibility index (Phi) is 4.84. The number of carbonyl (C=O) groups is 1. The number of pyridine rings is 1. The second-order valence-corrected chi connectivity index (χ2v) is 6.47. The first kappa shape index (κ1) is 18.8. The molecule has 8 heteroatoms. The molecule has 0 spiro atoms. The number of halogens is 3. The molecule has 0 N–H and O–H groups in total. The number of carbonyl (C=O) groups excluding carboxylic acids is 1. The Labute approximate surface area is 164 Å². The second-order valence-electron chi connectivity index (χ2n) is 6.47. The summed E-state index contributed by atoms with van der Waals surface area (Å²) in [4.78, 5) is 17.8. The summed E-state index contributed by atoms with van der Waals surface area (Å²) in [5.74, 6) is 0.193. The SMILES string of the molecule is O=C1Oc2ccc(-c3ccc(OC(F)(F)F)cc3)cc2CN1Cc1ccncc1. The fraction of sp³-hybridized carbons (Fsp3) is 0.143. The van der Waals surface area contributed by atoms with Crippen molar-refractivity contribution in [2.45, 2.75) is 19.5 Å². The van der Waals surface area contributed by atoms with Crippen molar-refractivity contribution >= 4 is 6.09 Å². The van der Waals surface area contributed by atoms with Gasteiger partial charge < -0.3 is 9.47 Å². The lowest BCUT2D eigenvalue weighted by Crippen LogP contribution is -2.36. The fourth-order valence-corrected chi connectivity index (χ4v) is 3.09. The highest BCUT2D eigenvalue weighted by Gasteiger charge is 2.31. The van der Waals surface area contributed by atoms with Gasteiger partial charge in [-0.2, -0.15) is 0 Å². The molecule has 0 radical (unpaired) electrons. The van der Waals surface area contributed by atoms with Crippen LogP contribution in [0.1, 0.15) is 11.1 Å². The highest BCUT2D eigenvalue weighted by Crippen LogP contribution is 2.33. The van der Waals surface area contributed by atoms with E-state index in [-0.39, 0.29) is 5.75 Å². The summed E-state index contributed by atoms with van der Waals surface area (Å²) in [5, 5.41) is 0. The van der Waals surface area contributed by atoms with Crippen LogP contribution < -0.4 is 9.47 Å². The summed E-state index contributed by atoms with van der Waals surface area (Å²) in [7, 11) is 0. The number of aromatic nitrogens is 1. The number of fused-ring (bicyclic) bond motifs is 1. The molecule has 1 aliphatic rings. The molecule has 0 atom stereocenters. The third-order valence-corrected chi connectivity index (χ3v) is 4.42. The Morgan fingerprint density at radius 3 is 2.38 bits per heavy atom. The van der Waals surface area contributed by atoms with Gasteiger partial charge in [0.2, 0.25) is 0 Å². The number of alkyl halides is 3. The first-order valence-electron chi connectivity index (χ1n) is 8.72. The van der Waals surface area contributed by atoms with Crippen molar-refractivity contribution in [2.75, 3.05) is 0 Å². The number of rotatable bonds is 4. The number of hydrogen-bond donors (Lipinski definition) is 0. The largest absolute Gasteiger partial charge is 0.573 e. The number of nitrogens with zero attached hydrogens (tertiary/aromatic N) is 2. The van der Waals surface area contributed by atoms with E-state index in [0.717, 1.165) is 22.3 Å². The smallest absolute Gasteiger partial charge is 0.410 e. The van der Waals surface area contributed by atoms with Crippen LogP contribution in [-0.2, 0) is 13.1 Å². The third-order valence-electron chi connectivity index (χ3n) is 4.42. The molecule has 0 fully saturated rings. The minimum Gasteiger partial charge on any atom is -0.410 e. The van der Waals surface area contributed by atoms with E-state index in [0.29, 0.717) is 18.8 Å². The Balaban J connectivity index is 1.54. The molecular weight excluding hydrogens is 385 g/mol. The lowest BCUT2D eigenvalue weighted by atomic mass is 10.0. The highest BCUT2D eigenvalue weighted by atomic mass is 19.4. The summed E-state index contributed by atoms with van der Waals surface area (Å²) in [5.41, 5.74) is 3.26. The van der Waals surface area contributed by atoms with Gasteiger partial charge in [-0.05, 0) is 53.1 Å². The van der Waals surface area contributed by atoms with Crippen LogP contribution in [0.15, 0.2) is 67.0 Å². The van der Waals surface area contributed by atoms with Crippen LogP contribution in [-0.4, -0.2) is 22.3 Å². The van der Waals surface area contributed by atoms with Crippen molar-refractivity contribution in [1.29, 1.82) is 0 Å². The van der Waals surface area contributed by atoms with E-state index in [1.807, 2.05) is 18.2 Å². The molecule has 0 bridgehead atoms. The third kappa shape index (κ3) is 4.48. The lowest BCUT2D eigenvalue weighted by Gasteiger charge is -2.28. The molecule has 0 aliphatic carbocycles. The van der Waals surface area contributed by atoms with Gasteiger partial charge in [-0.25, -0.2) is 4.79 Å². The average Bonchev–Trinajstić information content (AvgIpc) is 2.68. The van der Waals surface area contributed by atoms with E-state index in [9.17, 15) is 18.0 Å². The number of ether oxygens (including phenoxy) is 2. The van der Waals surface area contributed by atoms with Gasteiger partial charge in [0.05, 0.1) is 6.54 Å². The van der Waals surface area contributed by atoms with E-state index in [1.54, 1.807) is 41.6 Å². The van der Waals surface area contributed by atoms with Crippen molar-refractivity contribution in [3.8, 4) is 22.6 Å². The molecule has 29 heavy (non-hydrogen) atoms. The number of hydrogen-bond acceptors (Lipinski definition) is 4. The Hall–Kier alpha value is -3.55. The number of benzene rings is 2. The maximum absolute atomic E-state index is 12.3. The van der Waals surface area contributed by atoms with Gasteiger partial charge in [-0.3, -0.25) is 9.88 Å². The predicted octanol–water partition coefficient (Wildman–Crippen LogP) is 5.16. The van der Waals surface area contributed by atoms with Gasteiger partial charge in [0.25, 0.3) is 0 Å². The molecule has 1 amide bonds.